The van der Waals surface area contributed by atoms with Crippen LogP contribution >= 0.6 is 0 Å². The summed E-state index contributed by atoms with van der Waals surface area (Å²) in [6.07, 6.45) is 0.366. The molecule has 0 fully saturated rings. The van der Waals surface area contributed by atoms with Gasteiger partial charge in [-0.2, -0.15) is 0 Å². The smallest absolute Gasteiger partial charge is 0.323 e. The van der Waals surface area contributed by atoms with E-state index in [-0.39, 0.29) is 25.7 Å². The Morgan fingerprint density at radius 1 is 0.379 bits per heavy atom. The Labute approximate surface area is 333 Å². The van der Waals surface area contributed by atoms with Gasteiger partial charge in [0.25, 0.3) is 0 Å². The van der Waals surface area contributed by atoms with E-state index in [4.69, 9.17) is 18.9 Å². The van der Waals surface area contributed by atoms with E-state index in [1.54, 1.807) is 0 Å². The van der Waals surface area contributed by atoms with Gasteiger partial charge >= 0.3 is 23.9 Å². The normalized spacial score (nSPS) is 17.3. The average Bonchev–Trinajstić information content (AvgIpc) is 3.89. The predicted octanol–water partition coefficient (Wildman–Crippen LogP) is 7.34. The third kappa shape index (κ3) is 5.28. The highest BCUT2D eigenvalue weighted by atomic mass is 16.6. The SMILES string of the molecule is COC(=O)C1(C(=O)OC)Cc2c(-c3ccccc3)cc3/c(c2C1)=c1/cccc/c1=c1\cc(-c2ccccc2)c2c(\c1=c1/cccc/c1=3)CC(C(=O)OC)(C(=O)OC)C2. The van der Waals surface area contributed by atoms with E-state index in [2.05, 4.69) is 36.4 Å². The van der Waals surface area contributed by atoms with Crippen LogP contribution in [0.1, 0.15) is 22.3 Å². The van der Waals surface area contributed by atoms with Gasteiger partial charge in [-0.3, -0.25) is 19.2 Å². The van der Waals surface area contributed by atoms with Crippen molar-refractivity contribution in [1.82, 2.24) is 0 Å². The quantitative estimate of drug-likeness (QED) is 0.0984. The van der Waals surface area contributed by atoms with Gasteiger partial charge < -0.3 is 18.9 Å². The van der Waals surface area contributed by atoms with Crippen LogP contribution in [0.3, 0.4) is 0 Å². The fraction of sp³-hybridized carbons (Fsp3) is 0.200. The van der Waals surface area contributed by atoms with Gasteiger partial charge in [0.1, 0.15) is 0 Å². The highest BCUT2D eigenvalue weighted by Gasteiger charge is 2.55. The number of esters is 4. The molecular formula is C50H40O8. The van der Waals surface area contributed by atoms with Crippen LogP contribution in [0.5, 0.6) is 0 Å². The Kier molecular flexibility index (Phi) is 8.88. The summed E-state index contributed by atoms with van der Waals surface area (Å²) in [6.45, 7) is 0. The lowest BCUT2D eigenvalue weighted by Gasteiger charge is -2.22. The van der Waals surface area contributed by atoms with E-state index in [9.17, 15) is 19.2 Å². The second-order valence-corrected chi connectivity index (χ2v) is 15.3. The van der Waals surface area contributed by atoms with Gasteiger partial charge in [0.05, 0.1) is 28.4 Å². The summed E-state index contributed by atoms with van der Waals surface area (Å²) < 4.78 is 21.4. The fourth-order valence-corrected chi connectivity index (χ4v) is 9.87. The number of rotatable bonds is 6. The summed E-state index contributed by atoms with van der Waals surface area (Å²) in [5.74, 6) is -2.57. The minimum absolute atomic E-state index is 0.0777. The second kappa shape index (κ2) is 14.0. The van der Waals surface area contributed by atoms with Crippen molar-refractivity contribution in [1.29, 1.82) is 0 Å². The average molecular weight is 769 g/mol. The van der Waals surface area contributed by atoms with Crippen LogP contribution in [0.4, 0.5) is 0 Å². The van der Waals surface area contributed by atoms with Gasteiger partial charge in [-0.05, 0) is 98.4 Å². The van der Waals surface area contributed by atoms with Gasteiger partial charge in [0, 0.05) is 25.7 Å². The number of carbonyl (C=O) groups is 4. The van der Waals surface area contributed by atoms with E-state index < -0.39 is 34.7 Å². The van der Waals surface area contributed by atoms with Crippen molar-refractivity contribution in [3.05, 3.63) is 185 Å². The summed E-state index contributed by atoms with van der Waals surface area (Å²) in [7, 11) is 5.22. The third-order valence-electron chi connectivity index (χ3n) is 12.5. The Balaban J connectivity index is 1.59. The van der Waals surface area contributed by atoms with Crippen molar-refractivity contribution in [2.75, 3.05) is 28.4 Å². The highest BCUT2D eigenvalue weighted by molar-refractivity contribution is 6.03. The molecule has 3 aliphatic rings. The summed E-state index contributed by atoms with van der Waals surface area (Å²) >= 11 is 0. The van der Waals surface area contributed by atoms with Crippen LogP contribution < -0.4 is 0 Å². The van der Waals surface area contributed by atoms with Crippen LogP contribution in [0.15, 0.2) is 121 Å². The first-order valence-electron chi connectivity index (χ1n) is 19.2. The number of methoxy groups -OCH3 is 4. The number of fused-ring (bicyclic) bond motifs is 8. The molecule has 8 nitrogen and oxygen atoms in total. The molecule has 0 heterocycles. The zero-order valence-electron chi connectivity index (χ0n) is 32.6. The number of hydrogen-bond donors (Lipinski definition) is 0. The van der Waals surface area contributed by atoms with Gasteiger partial charge in [-0.1, -0.05) is 109 Å². The van der Waals surface area contributed by atoms with Gasteiger partial charge in [0.2, 0.25) is 0 Å². The Morgan fingerprint density at radius 2 is 0.672 bits per heavy atom. The molecule has 288 valence electrons. The van der Waals surface area contributed by atoms with Crippen LogP contribution in [0, 0.1) is 52.6 Å². The zero-order chi connectivity index (χ0) is 40.3. The fourth-order valence-electron chi connectivity index (χ4n) is 9.87. The van der Waals surface area contributed by atoms with Crippen molar-refractivity contribution in [2.45, 2.75) is 25.7 Å². The molecule has 0 amide bonds. The van der Waals surface area contributed by atoms with Crippen molar-refractivity contribution >= 4 is 23.9 Å². The zero-order valence-corrected chi connectivity index (χ0v) is 32.6. The first-order valence-corrected chi connectivity index (χ1v) is 19.2. The third-order valence-corrected chi connectivity index (χ3v) is 12.5. The van der Waals surface area contributed by atoms with Crippen LogP contribution in [-0.2, 0) is 63.8 Å². The lowest BCUT2D eigenvalue weighted by Crippen LogP contribution is -2.42. The first kappa shape index (κ1) is 36.8. The molecule has 0 aromatic heterocycles. The number of benzene rings is 6. The molecule has 0 unspecified atom stereocenters. The van der Waals surface area contributed by atoms with Crippen LogP contribution in [-0.4, -0.2) is 52.3 Å². The van der Waals surface area contributed by atoms with Crippen LogP contribution in [0.25, 0.3) is 22.3 Å². The monoisotopic (exact) mass is 768 g/mol. The molecule has 0 atom stereocenters. The van der Waals surface area contributed by atoms with Crippen molar-refractivity contribution < 1.29 is 38.1 Å². The molecule has 3 aliphatic carbocycles. The summed E-state index contributed by atoms with van der Waals surface area (Å²) in [5, 5.41) is 7.34. The van der Waals surface area contributed by atoms with E-state index in [0.717, 1.165) is 86.3 Å². The van der Waals surface area contributed by atoms with Crippen molar-refractivity contribution in [2.24, 2.45) is 10.8 Å². The number of ether oxygens (including phenoxy) is 4. The van der Waals surface area contributed by atoms with Gasteiger partial charge in [-0.15, -0.1) is 0 Å². The predicted molar refractivity (Wildman–Crippen MR) is 215 cm³/mol. The molecule has 0 saturated heterocycles. The van der Waals surface area contributed by atoms with E-state index in [0.29, 0.717) is 0 Å². The molecule has 58 heavy (non-hydrogen) atoms. The minimum Gasteiger partial charge on any atom is -0.468 e. The van der Waals surface area contributed by atoms with Crippen molar-refractivity contribution in [3.8, 4) is 22.3 Å². The first-order chi connectivity index (χ1) is 28.2. The van der Waals surface area contributed by atoms with Crippen molar-refractivity contribution in [3.63, 3.8) is 0 Å². The molecule has 0 saturated carbocycles. The maximum absolute atomic E-state index is 13.8. The molecule has 0 bridgehead atoms. The lowest BCUT2D eigenvalue weighted by atomic mass is 9.84. The van der Waals surface area contributed by atoms with Gasteiger partial charge in [0.15, 0.2) is 10.8 Å². The molecule has 0 spiro atoms. The molecule has 6 aromatic carbocycles. The van der Waals surface area contributed by atoms with E-state index in [1.807, 2.05) is 84.9 Å². The molecule has 0 aliphatic heterocycles. The molecule has 6 aromatic rings. The number of carbonyl (C=O) groups excluding carboxylic acids is 4. The Hall–Kier alpha value is -6.80. The summed E-state index contributed by atoms with van der Waals surface area (Å²) in [6, 6.07) is 40.7. The summed E-state index contributed by atoms with van der Waals surface area (Å²) in [4.78, 5) is 55.3. The topological polar surface area (TPSA) is 105 Å². The maximum Gasteiger partial charge on any atom is 0.323 e. The standard InChI is InChI=1S/C50H40O8/c1-55-45(51)49(46(52)56-2)25-39-35(29-15-7-5-8-16-29)23-37-32-20-12-14-22-34(32)44-38(31-19-11-13-21-33(31)43(37)41(39)27-49)24-36(30-17-9-6-10-18-30)40-26-50(28-42(40)44,47(53)57-3)48(54)58-4/h5-24H,25-28H2,1-4H3/b37-32-,38-31-,43-33+,44-34+. The van der Waals surface area contributed by atoms with Crippen LogP contribution in [0.2, 0.25) is 0 Å². The molecule has 0 N–H and O–H groups in total. The number of hydrogen-bond acceptors (Lipinski definition) is 8. The largest absolute Gasteiger partial charge is 0.468 e. The summed E-state index contributed by atoms with van der Waals surface area (Å²) in [5.41, 5.74) is 4.01. The van der Waals surface area contributed by atoms with E-state index >= 15 is 0 Å². The maximum atomic E-state index is 13.8. The Morgan fingerprint density at radius 3 is 1.00 bits per heavy atom. The molecule has 8 heteroatoms. The molecule has 9 rings (SSSR count). The lowest BCUT2D eigenvalue weighted by molar-refractivity contribution is -0.170. The molecule has 0 radical (unpaired) electrons. The molecular weight excluding hydrogens is 729 g/mol. The second-order valence-electron chi connectivity index (χ2n) is 15.3. The highest BCUT2D eigenvalue weighted by Crippen LogP contribution is 2.47. The Bertz CT molecular complexity index is 2900. The van der Waals surface area contributed by atoms with Gasteiger partial charge in [-0.25, -0.2) is 0 Å². The minimum atomic E-state index is -1.59. The van der Waals surface area contributed by atoms with E-state index in [1.165, 1.54) is 28.4 Å².